The Morgan fingerprint density at radius 1 is 1.56 bits per heavy atom. The fourth-order valence-corrected chi connectivity index (χ4v) is 1.44. The molecule has 0 aromatic heterocycles. The summed E-state index contributed by atoms with van der Waals surface area (Å²) in [6, 6.07) is 4.87. The molecule has 1 rings (SSSR count). The van der Waals surface area contributed by atoms with Crippen LogP contribution in [0.15, 0.2) is 18.2 Å². The average molecular weight is 244 g/mol. The van der Waals surface area contributed by atoms with Crippen molar-refractivity contribution in [2.45, 2.75) is 6.42 Å². The Bertz CT molecular complexity index is 368. The second-order valence-corrected chi connectivity index (χ2v) is 3.59. The van der Waals surface area contributed by atoms with Crippen molar-refractivity contribution in [2.24, 2.45) is 0 Å². The summed E-state index contributed by atoms with van der Waals surface area (Å²) in [6.07, 6.45) is 0.527. The zero-order chi connectivity index (χ0) is 12.0. The molecule has 0 aliphatic rings. The molecule has 1 aromatic carbocycles. The first kappa shape index (κ1) is 12.8. The third-order valence-corrected chi connectivity index (χ3v) is 2.35. The smallest absolute Gasteiger partial charge is 0.252 e. The van der Waals surface area contributed by atoms with Crippen molar-refractivity contribution in [3.8, 4) is 5.75 Å². The Kier molecular flexibility index (Phi) is 5.08. The van der Waals surface area contributed by atoms with Crippen molar-refractivity contribution >= 4 is 17.5 Å². The van der Waals surface area contributed by atoms with Crippen LogP contribution in [0.4, 0.5) is 0 Å². The minimum Gasteiger partial charge on any atom is -0.497 e. The molecule has 1 aromatic rings. The lowest BCUT2D eigenvalue weighted by Gasteiger charge is -2.07. The predicted molar refractivity (Wildman–Crippen MR) is 62.0 cm³/mol. The summed E-state index contributed by atoms with van der Waals surface area (Å²) < 4.78 is 4.98. The van der Waals surface area contributed by atoms with Crippen molar-refractivity contribution in [1.82, 2.24) is 5.32 Å². The molecule has 0 spiro atoms. The highest BCUT2D eigenvalue weighted by molar-refractivity contribution is 6.34. The third kappa shape index (κ3) is 3.40. The maximum atomic E-state index is 11.6. The van der Waals surface area contributed by atoms with Crippen LogP contribution in [0.5, 0.6) is 5.75 Å². The maximum absolute atomic E-state index is 11.6. The van der Waals surface area contributed by atoms with Gasteiger partial charge in [0.25, 0.3) is 5.91 Å². The molecule has 0 atom stereocenters. The molecular weight excluding hydrogens is 230 g/mol. The number of amides is 1. The quantitative estimate of drug-likeness (QED) is 0.770. The van der Waals surface area contributed by atoms with Crippen molar-refractivity contribution in [3.63, 3.8) is 0 Å². The van der Waals surface area contributed by atoms with Gasteiger partial charge < -0.3 is 15.2 Å². The van der Waals surface area contributed by atoms with Crippen LogP contribution in [-0.4, -0.2) is 31.3 Å². The molecule has 0 heterocycles. The second-order valence-electron chi connectivity index (χ2n) is 3.18. The number of carbonyl (C=O) groups is 1. The first-order chi connectivity index (χ1) is 7.69. The normalized spacial score (nSPS) is 9.94. The van der Waals surface area contributed by atoms with Crippen LogP contribution in [0, 0.1) is 0 Å². The highest BCUT2D eigenvalue weighted by Gasteiger charge is 2.10. The van der Waals surface area contributed by atoms with Gasteiger partial charge >= 0.3 is 0 Å². The number of aliphatic hydroxyl groups excluding tert-OH is 1. The lowest BCUT2D eigenvalue weighted by Crippen LogP contribution is -2.25. The molecule has 4 nitrogen and oxygen atoms in total. The topological polar surface area (TPSA) is 58.6 Å². The van der Waals surface area contributed by atoms with Crippen molar-refractivity contribution < 1.29 is 14.6 Å². The minimum absolute atomic E-state index is 0.0522. The summed E-state index contributed by atoms with van der Waals surface area (Å²) in [5, 5.41) is 11.6. The summed E-state index contributed by atoms with van der Waals surface area (Å²) in [4.78, 5) is 11.6. The highest BCUT2D eigenvalue weighted by Crippen LogP contribution is 2.22. The minimum atomic E-state index is -0.249. The second kappa shape index (κ2) is 6.35. The molecule has 16 heavy (non-hydrogen) atoms. The molecule has 1 amide bonds. The van der Waals surface area contributed by atoms with Crippen molar-refractivity contribution in [2.75, 3.05) is 20.3 Å². The standard InChI is InChI=1S/C11H14ClNO3/c1-16-8-3-4-9(10(12)7-8)11(15)13-5-2-6-14/h3-4,7,14H,2,5-6H2,1H3,(H,13,15). The van der Waals surface area contributed by atoms with E-state index in [1.807, 2.05) is 0 Å². The van der Waals surface area contributed by atoms with E-state index in [-0.39, 0.29) is 12.5 Å². The van der Waals surface area contributed by atoms with E-state index in [9.17, 15) is 4.79 Å². The molecule has 2 N–H and O–H groups in total. The molecule has 0 fully saturated rings. The monoisotopic (exact) mass is 243 g/mol. The van der Waals surface area contributed by atoms with E-state index >= 15 is 0 Å². The van der Waals surface area contributed by atoms with Gasteiger partial charge in [0.2, 0.25) is 0 Å². The van der Waals surface area contributed by atoms with E-state index < -0.39 is 0 Å². The van der Waals surface area contributed by atoms with E-state index in [2.05, 4.69) is 5.32 Å². The molecule has 5 heteroatoms. The first-order valence-electron chi connectivity index (χ1n) is 4.91. The lowest BCUT2D eigenvalue weighted by molar-refractivity contribution is 0.0951. The zero-order valence-electron chi connectivity index (χ0n) is 9.00. The number of hydrogen-bond donors (Lipinski definition) is 2. The number of nitrogens with one attached hydrogen (secondary N) is 1. The average Bonchev–Trinajstić information content (AvgIpc) is 2.29. The Balaban J connectivity index is 2.68. The van der Waals surface area contributed by atoms with Crippen LogP contribution in [0.3, 0.4) is 0 Å². The molecule has 0 aliphatic carbocycles. The van der Waals surface area contributed by atoms with Crippen molar-refractivity contribution in [3.05, 3.63) is 28.8 Å². The van der Waals surface area contributed by atoms with Crippen LogP contribution in [0.2, 0.25) is 5.02 Å². The van der Waals surface area contributed by atoms with E-state index in [1.54, 1.807) is 18.2 Å². The first-order valence-corrected chi connectivity index (χ1v) is 5.29. The van der Waals surface area contributed by atoms with Gasteiger partial charge in [-0.3, -0.25) is 4.79 Å². The summed E-state index contributed by atoms with van der Waals surface area (Å²) in [5.74, 6) is 0.359. The van der Waals surface area contributed by atoms with E-state index in [0.717, 1.165) is 0 Å². The molecule has 88 valence electrons. The molecule has 0 saturated heterocycles. The van der Waals surface area contributed by atoms with Crippen LogP contribution < -0.4 is 10.1 Å². The number of halogens is 1. The largest absolute Gasteiger partial charge is 0.497 e. The third-order valence-electron chi connectivity index (χ3n) is 2.04. The molecule has 0 aliphatic heterocycles. The Hall–Kier alpha value is -1.26. The fourth-order valence-electron chi connectivity index (χ4n) is 1.18. The van der Waals surface area contributed by atoms with Gasteiger partial charge in [-0.2, -0.15) is 0 Å². The van der Waals surface area contributed by atoms with Gasteiger partial charge in [-0.15, -0.1) is 0 Å². The number of carbonyl (C=O) groups excluding carboxylic acids is 1. The summed E-state index contributed by atoms with van der Waals surface area (Å²) in [7, 11) is 1.53. The molecular formula is C11H14ClNO3. The van der Waals surface area contributed by atoms with E-state index in [0.29, 0.717) is 29.3 Å². The SMILES string of the molecule is COc1ccc(C(=O)NCCCO)c(Cl)c1. The number of rotatable bonds is 5. The van der Waals surface area contributed by atoms with Gasteiger partial charge in [0.1, 0.15) is 5.75 Å². The molecule has 0 bridgehead atoms. The Labute approximate surface area is 99.2 Å². The van der Waals surface area contributed by atoms with Gasteiger partial charge in [0, 0.05) is 13.2 Å². The summed E-state index contributed by atoms with van der Waals surface area (Å²) in [5.41, 5.74) is 0.403. The zero-order valence-corrected chi connectivity index (χ0v) is 9.75. The molecule has 0 saturated carbocycles. The maximum Gasteiger partial charge on any atom is 0.252 e. The number of hydrogen-bond acceptors (Lipinski definition) is 3. The van der Waals surface area contributed by atoms with Crippen LogP contribution >= 0.6 is 11.6 Å². The lowest BCUT2D eigenvalue weighted by atomic mass is 10.2. The van der Waals surface area contributed by atoms with Gasteiger partial charge in [-0.05, 0) is 24.6 Å². The number of ether oxygens (including phenoxy) is 1. The van der Waals surface area contributed by atoms with E-state index in [1.165, 1.54) is 7.11 Å². The summed E-state index contributed by atoms with van der Waals surface area (Å²) in [6.45, 7) is 0.480. The number of aliphatic hydroxyl groups is 1. The Morgan fingerprint density at radius 2 is 2.31 bits per heavy atom. The van der Waals surface area contributed by atoms with Crippen LogP contribution in [0.1, 0.15) is 16.8 Å². The van der Waals surface area contributed by atoms with Gasteiger partial charge in [0.05, 0.1) is 17.7 Å². The number of methoxy groups -OCH3 is 1. The van der Waals surface area contributed by atoms with Crippen LogP contribution in [0.25, 0.3) is 0 Å². The summed E-state index contributed by atoms with van der Waals surface area (Å²) >= 11 is 5.93. The van der Waals surface area contributed by atoms with Gasteiger partial charge in [0.15, 0.2) is 0 Å². The fraction of sp³-hybridized carbons (Fsp3) is 0.364. The van der Waals surface area contributed by atoms with Gasteiger partial charge in [-0.25, -0.2) is 0 Å². The predicted octanol–water partition coefficient (Wildman–Crippen LogP) is 1.46. The van der Waals surface area contributed by atoms with Crippen LogP contribution in [-0.2, 0) is 0 Å². The number of benzene rings is 1. The Morgan fingerprint density at radius 3 is 2.88 bits per heavy atom. The van der Waals surface area contributed by atoms with Gasteiger partial charge in [-0.1, -0.05) is 11.6 Å². The highest BCUT2D eigenvalue weighted by atomic mass is 35.5. The van der Waals surface area contributed by atoms with Crippen molar-refractivity contribution in [1.29, 1.82) is 0 Å². The molecule has 0 radical (unpaired) electrons. The molecule has 0 unspecified atom stereocenters. The van der Waals surface area contributed by atoms with E-state index in [4.69, 9.17) is 21.4 Å².